The third kappa shape index (κ3) is 6.02. The second-order valence-electron chi connectivity index (χ2n) is 21.5. The Hall–Kier alpha value is -12.1. The van der Waals surface area contributed by atoms with Crippen LogP contribution >= 0.6 is 0 Å². The maximum absolute atomic E-state index is 12.7. The number of nitriles is 3. The maximum atomic E-state index is 12.7. The molecule has 0 radical (unpaired) electrons. The molecule has 6 heterocycles. The van der Waals surface area contributed by atoms with Gasteiger partial charge in [0.05, 0.1) is 79.0 Å². The summed E-state index contributed by atoms with van der Waals surface area (Å²) >= 11 is 0. The molecule has 84 heavy (non-hydrogen) atoms. The molecule has 0 amide bonds. The lowest BCUT2D eigenvalue weighted by molar-refractivity contribution is 0.669. The Balaban J connectivity index is 1.18. The van der Waals surface area contributed by atoms with E-state index in [1.165, 1.54) is 0 Å². The van der Waals surface area contributed by atoms with Crippen LogP contribution in [0.2, 0.25) is 0 Å². The SMILES string of the molecule is N#Cc1cccc(-c2c(C#N)c(-c3cccc(C#N)c3)c(-n3c4ccccc4c4c5c(ccc43)oc3ccccc35)c(-n3c4ccccc4c4c5c(ccc43)oc3ccccc35)c2-n2c3ccccc3c3c4c(ccc32)oc2ccccc24)c1. The van der Waals surface area contributed by atoms with Crippen LogP contribution in [0.4, 0.5) is 0 Å². The zero-order valence-corrected chi connectivity index (χ0v) is 44.3. The fraction of sp³-hybridized carbons (Fsp3) is 0. The molecule has 18 rings (SSSR count). The van der Waals surface area contributed by atoms with Gasteiger partial charge in [0, 0.05) is 75.8 Å². The predicted octanol–water partition coefficient (Wildman–Crippen LogP) is 19.6. The third-order valence-electron chi connectivity index (χ3n) is 17.3. The van der Waals surface area contributed by atoms with E-state index >= 15 is 0 Å². The predicted molar refractivity (Wildman–Crippen MR) is 336 cm³/mol. The first-order chi connectivity index (χ1) is 41.6. The van der Waals surface area contributed by atoms with Crippen LogP contribution in [0, 0.1) is 34.0 Å². The van der Waals surface area contributed by atoms with Gasteiger partial charge in [-0.15, -0.1) is 0 Å². The smallest absolute Gasteiger partial charge is 0.136 e. The van der Waals surface area contributed by atoms with Gasteiger partial charge in [-0.05, 0) is 108 Å². The Labute approximate surface area is 476 Å². The summed E-state index contributed by atoms with van der Waals surface area (Å²) in [5.41, 5.74) is 15.7. The number of aromatic nitrogens is 3. The summed E-state index contributed by atoms with van der Waals surface area (Å²) < 4.78 is 27.1. The molecule has 6 aromatic heterocycles. The molecule has 0 saturated carbocycles. The molecule has 0 N–H and O–H groups in total. The lowest BCUT2D eigenvalue weighted by Gasteiger charge is -2.29. The molecule has 0 atom stereocenters. The number of para-hydroxylation sites is 6. The van der Waals surface area contributed by atoms with Crippen LogP contribution in [0.25, 0.3) is 171 Å². The molecule has 0 unspecified atom stereocenters. The summed E-state index contributed by atoms with van der Waals surface area (Å²) in [5, 5.41) is 46.1. The number of fused-ring (bicyclic) bond motifs is 21. The molecular formula is C75H38N6O3. The van der Waals surface area contributed by atoms with Gasteiger partial charge in [0.1, 0.15) is 39.6 Å². The van der Waals surface area contributed by atoms with Crippen LogP contribution < -0.4 is 0 Å². The summed E-state index contributed by atoms with van der Waals surface area (Å²) in [6.45, 7) is 0. The number of benzene rings is 12. The number of hydrogen-bond donors (Lipinski definition) is 0. The molecule has 9 nitrogen and oxygen atoms in total. The minimum absolute atomic E-state index is 0.347. The van der Waals surface area contributed by atoms with Gasteiger partial charge in [0.15, 0.2) is 0 Å². The van der Waals surface area contributed by atoms with Crippen molar-refractivity contribution in [3.05, 3.63) is 247 Å². The summed E-state index contributed by atoms with van der Waals surface area (Å²) in [5.74, 6) is 0. The molecule has 0 aliphatic heterocycles. The van der Waals surface area contributed by atoms with Crippen LogP contribution in [-0.4, -0.2) is 13.7 Å². The van der Waals surface area contributed by atoms with Gasteiger partial charge in [-0.2, -0.15) is 15.8 Å². The van der Waals surface area contributed by atoms with Gasteiger partial charge >= 0.3 is 0 Å². The van der Waals surface area contributed by atoms with E-state index in [-0.39, 0.29) is 0 Å². The average Bonchev–Trinajstić information content (AvgIpc) is 1.64. The highest BCUT2D eigenvalue weighted by molar-refractivity contribution is 6.31. The van der Waals surface area contributed by atoms with E-state index in [1.54, 1.807) is 12.1 Å². The van der Waals surface area contributed by atoms with E-state index in [0.29, 0.717) is 50.3 Å². The monoisotopic (exact) mass is 1070 g/mol. The van der Waals surface area contributed by atoms with Crippen LogP contribution in [0.3, 0.4) is 0 Å². The summed E-state index contributed by atoms with van der Waals surface area (Å²) in [6, 6.07) is 85.7. The maximum Gasteiger partial charge on any atom is 0.136 e. The second-order valence-corrected chi connectivity index (χ2v) is 21.5. The van der Waals surface area contributed by atoms with Crippen LogP contribution in [0.5, 0.6) is 0 Å². The van der Waals surface area contributed by atoms with E-state index in [2.05, 4.69) is 165 Å². The van der Waals surface area contributed by atoms with E-state index in [1.807, 2.05) is 84.9 Å². The minimum atomic E-state index is 0.347. The summed E-state index contributed by atoms with van der Waals surface area (Å²) in [7, 11) is 0. The molecule has 0 aliphatic rings. The van der Waals surface area contributed by atoms with Crippen LogP contribution in [-0.2, 0) is 0 Å². The molecule has 386 valence electrons. The fourth-order valence-corrected chi connectivity index (χ4v) is 14.1. The Kier molecular flexibility index (Phi) is 9.24. The Bertz CT molecular complexity index is 5840. The van der Waals surface area contributed by atoms with E-state index < -0.39 is 0 Å². The van der Waals surface area contributed by atoms with Crippen molar-refractivity contribution in [1.29, 1.82) is 15.8 Å². The van der Waals surface area contributed by atoms with Crippen molar-refractivity contribution in [1.82, 2.24) is 13.7 Å². The molecule has 9 heteroatoms. The zero-order valence-electron chi connectivity index (χ0n) is 44.3. The molecule has 18 aromatic rings. The highest BCUT2D eigenvalue weighted by Gasteiger charge is 2.35. The Morgan fingerprint density at radius 3 is 0.952 bits per heavy atom. The van der Waals surface area contributed by atoms with Gasteiger partial charge in [0.2, 0.25) is 0 Å². The van der Waals surface area contributed by atoms with Crippen molar-refractivity contribution in [3.8, 4) is 57.5 Å². The lowest BCUT2D eigenvalue weighted by Crippen LogP contribution is -2.14. The van der Waals surface area contributed by atoms with E-state index in [9.17, 15) is 15.8 Å². The van der Waals surface area contributed by atoms with Crippen molar-refractivity contribution in [2.45, 2.75) is 0 Å². The molecule has 0 bridgehead atoms. The van der Waals surface area contributed by atoms with E-state index in [0.717, 1.165) is 137 Å². The van der Waals surface area contributed by atoms with Gasteiger partial charge in [-0.1, -0.05) is 133 Å². The lowest BCUT2D eigenvalue weighted by atomic mass is 9.86. The summed E-state index contributed by atoms with van der Waals surface area (Å²) in [6.07, 6.45) is 0. The van der Waals surface area contributed by atoms with Crippen molar-refractivity contribution >= 4 is 131 Å². The van der Waals surface area contributed by atoms with Crippen molar-refractivity contribution in [2.24, 2.45) is 0 Å². The zero-order chi connectivity index (χ0) is 55.5. The molecule has 12 aromatic carbocycles. The Morgan fingerprint density at radius 2 is 0.595 bits per heavy atom. The second kappa shape index (κ2) is 17.0. The van der Waals surface area contributed by atoms with Gasteiger partial charge in [-0.3, -0.25) is 0 Å². The minimum Gasteiger partial charge on any atom is -0.456 e. The van der Waals surface area contributed by atoms with Gasteiger partial charge in [0.25, 0.3) is 0 Å². The van der Waals surface area contributed by atoms with Crippen molar-refractivity contribution in [3.63, 3.8) is 0 Å². The largest absolute Gasteiger partial charge is 0.456 e. The highest BCUT2D eigenvalue weighted by atomic mass is 16.3. The third-order valence-corrected chi connectivity index (χ3v) is 17.3. The average molecular weight is 1070 g/mol. The van der Waals surface area contributed by atoms with Gasteiger partial charge in [-0.25, -0.2) is 0 Å². The quantitative estimate of drug-likeness (QED) is 0.169. The van der Waals surface area contributed by atoms with Crippen molar-refractivity contribution in [2.75, 3.05) is 0 Å². The van der Waals surface area contributed by atoms with Gasteiger partial charge < -0.3 is 27.0 Å². The first-order valence-electron chi connectivity index (χ1n) is 27.7. The first-order valence-corrected chi connectivity index (χ1v) is 27.7. The molecule has 0 spiro atoms. The van der Waals surface area contributed by atoms with Crippen LogP contribution in [0.1, 0.15) is 16.7 Å². The highest BCUT2D eigenvalue weighted by Crippen LogP contribution is 2.54. The van der Waals surface area contributed by atoms with Crippen LogP contribution in [0.15, 0.2) is 244 Å². The normalized spacial score (nSPS) is 12.0. The molecule has 0 aliphatic carbocycles. The summed E-state index contributed by atoms with van der Waals surface area (Å²) in [4.78, 5) is 0. The molecular weight excluding hydrogens is 1030 g/mol. The van der Waals surface area contributed by atoms with Crippen molar-refractivity contribution < 1.29 is 13.3 Å². The first kappa shape index (κ1) is 45.7. The number of rotatable bonds is 5. The fourth-order valence-electron chi connectivity index (χ4n) is 14.1. The topological polar surface area (TPSA) is 126 Å². The molecule has 0 saturated heterocycles. The van der Waals surface area contributed by atoms with E-state index in [4.69, 9.17) is 13.3 Å². The standard InChI is InChI=1S/C75H38N6O3/c76-39-42-15-13-17-44(37-42)65-52(41-78)66(45-18-14-16-43(38-45)40-77)74(80-54-26-8-2-20-47(54)68-57(80)32-35-63-71(68)50-23-5-11-29-60(50)83-63)75(81-55-27-9-3-21-48(55)69-58(81)33-36-64-72(69)51-24-6-12-30-61(51)84-64)73(65)79-53-25-7-1-19-46(53)67-56(79)31-34-62-70(67)49-22-4-10-28-59(49)82-62/h1-38H. The number of hydrogen-bond acceptors (Lipinski definition) is 6. The number of nitrogens with zero attached hydrogens (tertiary/aromatic N) is 6. The number of furan rings is 3. The Morgan fingerprint density at radius 1 is 0.262 bits per heavy atom. The molecule has 0 fully saturated rings.